The number of anilines is 2. The molecule has 0 heterocycles. The van der Waals surface area contributed by atoms with Crippen LogP contribution < -0.4 is 10.2 Å². The van der Waals surface area contributed by atoms with Gasteiger partial charge in [-0.3, -0.25) is 9.59 Å². The highest BCUT2D eigenvalue weighted by molar-refractivity contribution is 14.1. The van der Waals surface area contributed by atoms with Crippen LogP contribution in [0.1, 0.15) is 63.7 Å². The van der Waals surface area contributed by atoms with Crippen LogP contribution >= 0.6 is 67.8 Å². The summed E-state index contributed by atoms with van der Waals surface area (Å²) in [5.74, 6) is -1.35. The van der Waals surface area contributed by atoms with Gasteiger partial charge in [0.2, 0.25) is 18.1 Å². The van der Waals surface area contributed by atoms with Crippen molar-refractivity contribution in [3.63, 3.8) is 0 Å². The van der Waals surface area contributed by atoms with Crippen molar-refractivity contribution in [3.05, 3.63) is 16.3 Å². The van der Waals surface area contributed by atoms with Crippen molar-refractivity contribution in [1.82, 2.24) is 0 Å². The largest absolute Gasteiger partial charge is 0.511 e. The fraction of sp³-hybridized carbons (Fsp3) is 0.524. The molecule has 1 N–H and O–H groups in total. The SMILES string of the molecule is CCCCCCOC(=O)OC(C)OC(=O)c1c(I)c(NC(C)=O)c(I)c(N(C)C(C)=O)c1I. The lowest BCUT2D eigenvalue weighted by atomic mass is 10.1. The van der Waals surface area contributed by atoms with E-state index in [1.54, 1.807) is 7.05 Å². The molecule has 1 aromatic rings. The summed E-state index contributed by atoms with van der Waals surface area (Å²) < 4.78 is 16.8. The molecule has 0 saturated heterocycles. The van der Waals surface area contributed by atoms with Gasteiger partial charge in [0.05, 0.1) is 34.3 Å². The van der Waals surface area contributed by atoms with Crippen LogP contribution in [0, 0.1) is 10.7 Å². The molecule has 0 aliphatic rings. The van der Waals surface area contributed by atoms with Gasteiger partial charge >= 0.3 is 12.1 Å². The Labute approximate surface area is 234 Å². The Kier molecular flexibility index (Phi) is 13.2. The van der Waals surface area contributed by atoms with Gasteiger partial charge in [0.15, 0.2) is 0 Å². The molecule has 0 saturated carbocycles. The molecular weight excluding hydrogens is 773 g/mol. The molecule has 1 atom stereocenters. The van der Waals surface area contributed by atoms with E-state index in [0.29, 0.717) is 22.1 Å². The van der Waals surface area contributed by atoms with Crippen LogP contribution in [0.3, 0.4) is 0 Å². The van der Waals surface area contributed by atoms with E-state index in [9.17, 15) is 19.2 Å². The van der Waals surface area contributed by atoms with Crippen LogP contribution in [0.2, 0.25) is 0 Å². The number of unbranched alkanes of at least 4 members (excludes halogenated alkanes) is 3. The Hall–Kier alpha value is -0.910. The van der Waals surface area contributed by atoms with E-state index in [2.05, 4.69) is 12.2 Å². The van der Waals surface area contributed by atoms with E-state index in [1.807, 2.05) is 67.8 Å². The quantitative estimate of drug-likeness (QED) is 0.141. The van der Waals surface area contributed by atoms with Crippen molar-refractivity contribution >= 4 is 103 Å². The number of hydrogen-bond acceptors (Lipinski definition) is 7. The molecule has 0 aliphatic carbocycles. The Balaban J connectivity index is 3.11. The first-order chi connectivity index (χ1) is 15.4. The number of rotatable bonds is 10. The molecular formula is C21H27I3N2O7. The van der Waals surface area contributed by atoms with Crippen molar-refractivity contribution in [2.75, 3.05) is 23.9 Å². The molecule has 1 rings (SSSR count). The molecule has 1 unspecified atom stereocenters. The zero-order valence-electron chi connectivity index (χ0n) is 19.1. The lowest BCUT2D eigenvalue weighted by molar-refractivity contribution is -0.116. The first kappa shape index (κ1) is 30.1. The first-order valence-corrected chi connectivity index (χ1v) is 13.4. The lowest BCUT2D eigenvalue weighted by Crippen LogP contribution is -2.28. The van der Waals surface area contributed by atoms with Gasteiger partial charge < -0.3 is 24.4 Å². The highest BCUT2D eigenvalue weighted by Gasteiger charge is 2.30. The van der Waals surface area contributed by atoms with E-state index >= 15 is 0 Å². The molecule has 1 aromatic carbocycles. The van der Waals surface area contributed by atoms with Gasteiger partial charge in [-0.25, -0.2) is 9.59 Å². The third-order valence-electron chi connectivity index (χ3n) is 4.36. The number of ether oxygens (including phenoxy) is 3. The molecule has 0 aromatic heterocycles. The summed E-state index contributed by atoms with van der Waals surface area (Å²) in [7, 11) is 1.57. The van der Waals surface area contributed by atoms with Crippen LogP contribution in [0.25, 0.3) is 0 Å². The molecule has 0 bridgehead atoms. The third-order valence-corrected chi connectivity index (χ3v) is 7.54. The summed E-state index contributed by atoms with van der Waals surface area (Å²) >= 11 is 5.92. The minimum atomic E-state index is -1.20. The fourth-order valence-corrected chi connectivity index (χ4v) is 7.26. The summed E-state index contributed by atoms with van der Waals surface area (Å²) in [6, 6.07) is 0. The lowest BCUT2D eigenvalue weighted by Gasteiger charge is -2.24. The highest BCUT2D eigenvalue weighted by Crippen LogP contribution is 2.40. The molecule has 0 spiro atoms. The summed E-state index contributed by atoms with van der Waals surface area (Å²) in [4.78, 5) is 50.0. The monoisotopic (exact) mass is 800 g/mol. The maximum Gasteiger partial charge on any atom is 0.511 e. The number of benzene rings is 1. The number of carbonyl (C=O) groups is 4. The molecule has 2 amide bonds. The predicted molar refractivity (Wildman–Crippen MR) is 149 cm³/mol. The number of esters is 1. The minimum Gasteiger partial charge on any atom is -0.434 e. The maximum absolute atomic E-state index is 13.0. The van der Waals surface area contributed by atoms with Crippen molar-refractivity contribution in [1.29, 1.82) is 0 Å². The second-order valence-corrected chi connectivity index (χ2v) is 10.3. The smallest absolute Gasteiger partial charge is 0.434 e. The number of hydrogen-bond donors (Lipinski definition) is 1. The summed E-state index contributed by atoms with van der Waals surface area (Å²) in [6.07, 6.45) is 1.68. The van der Waals surface area contributed by atoms with Gasteiger partial charge in [0.1, 0.15) is 0 Å². The van der Waals surface area contributed by atoms with Crippen molar-refractivity contribution < 1.29 is 33.4 Å². The molecule has 0 aliphatic heterocycles. The zero-order chi connectivity index (χ0) is 25.3. The van der Waals surface area contributed by atoms with E-state index in [0.717, 1.165) is 25.7 Å². The van der Waals surface area contributed by atoms with Crippen LogP contribution in [-0.2, 0) is 23.8 Å². The highest BCUT2D eigenvalue weighted by atomic mass is 127. The Bertz CT molecular complexity index is 909. The maximum atomic E-state index is 13.0. The van der Waals surface area contributed by atoms with E-state index < -0.39 is 18.4 Å². The van der Waals surface area contributed by atoms with Gasteiger partial charge in [0, 0.05) is 27.8 Å². The van der Waals surface area contributed by atoms with Crippen molar-refractivity contribution in [3.8, 4) is 0 Å². The van der Waals surface area contributed by atoms with E-state index in [-0.39, 0.29) is 24.0 Å². The Morgan fingerprint density at radius 2 is 1.61 bits per heavy atom. The molecule has 12 heteroatoms. The zero-order valence-corrected chi connectivity index (χ0v) is 25.5. The van der Waals surface area contributed by atoms with E-state index in [1.165, 1.54) is 25.7 Å². The van der Waals surface area contributed by atoms with Gasteiger partial charge in [-0.15, -0.1) is 0 Å². The first-order valence-electron chi connectivity index (χ1n) is 10.2. The number of amides is 2. The fourth-order valence-electron chi connectivity index (χ4n) is 2.66. The van der Waals surface area contributed by atoms with Gasteiger partial charge in [-0.1, -0.05) is 26.2 Å². The number of halogens is 3. The molecule has 184 valence electrons. The van der Waals surface area contributed by atoms with Crippen molar-refractivity contribution in [2.45, 2.75) is 59.7 Å². The van der Waals surface area contributed by atoms with Crippen LogP contribution in [-0.4, -0.2) is 43.9 Å². The molecule has 33 heavy (non-hydrogen) atoms. The van der Waals surface area contributed by atoms with Crippen LogP contribution in [0.5, 0.6) is 0 Å². The normalized spacial score (nSPS) is 11.4. The second-order valence-electron chi connectivity index (χ2n) is 7.05. The van der Waals surface area contributed by atoms with Crippen molar-refractivity contribution in [2.24, 2.45) is 0 Å². The average Bonchev–Trinajstić information content (AvgIpc) is 2.70. The number of carbonyl (C=O) groups excluding carboxylic acids is 4. The van der Waals surface area contributed by atoms with Crippen LogP contribution in [0.4, 0.5) is 16.2 Å². The predicted octanol–water partition coefficient (Wildman–Crippen LogP) is 5.68. The Morgan fingerprint density at radius 3 is 2.15 bits per heavy atom. The minimum absolute atomic E-state index is 0.145. The summed E-state index contributed by atoms with van der Waals surface area (Å²) in [5.41, 5.74) is 0.992. The third kappa shape index (κ3) is 8.99. The molecule has 0 fully saturated rings. The summed E-state index contributed by atoms with van der Waals surface area (Å²) in [6.45, 7) is 6.46. The average molecular weight is 800 g/mol. The van der Waals surface area contributed by atoms with Gasteiger partial charge in [-0.05, 0) is 74.2 Å². The van der Waals surface area contributed by atoms with E-state index in [4.69, 9.17) is 14.2 Å². The Morgan fingerprint density at radius 1 is 0.970 bits per heavy atom. The number of nitrogens with one attached hydrogen (secondary N) is 1. The topological polar surface area (TPSA) is 111 Å². The summed E-state index contributed by atoms with van der Waals surface area (Å²) in [5, 5.41) is 2.71. The van der Waals surface area contributed by atoms with Gasteiger partial charge in [0.25, 0.3) is 0 Å². The van der Waals surface area contributed by atoms with Crippen LogP contribution in [0.15, 0.2) is 0 Å². The standard InChI is InChI=1S/C21H27I3N2O7/c1-6-7-8-9-10-31-21(30)33-13(4)32-20(29)14-15(22)18(25-11(2)27)17(24)19(16(14)23)26(5)12(3)28/h13H,6-10H2,1-5H3,(H,25,27). The molecule has 0 radical (unpaired) electrons. The van der Waals surface area contributed by atoms with Gasteiger partial charge in [-0.2, -0.15) is 0 Å². The molecule has 9 nitrogen and oxygen atoms in total. The second kappa shape index (κ2) is 14.5. The number of nitrogens with zero attached hydrogens (tertiary/aromatic N) is 1.